The van der Waals surface area contributed by atoms with E-state index in [2.05, 4.69) is 46.5 Å². The highest BCUT2D eigenvalue weighted by Crippen LogP contribution is 2.15. The van der Waals surface area contributed by atoms with Gasteiger partial charge in [0, 0.05) is 38.9 Å². The van der Waals surface area contributed by atoms with Crippen LogP contribution in [0.3, 0.4) is 0 Å². The summed E-state index contributed by atoms with van der Waals surface area (Å²) in [6, 6.07) is 8.94. The molecule has 0 spiro atoms. The maximum absolute atomic E-state index is 12.2. The van der Waals surface area contributed by atoms with Crippen molar-refractivity contribution < 1.29 is 4.79 Å². The molecule has 0 saturated carbocycles. The Bertz CT molecular complexity index is 671. The van der Waals surface area contributed by atoms with E-state index in [1.54, 1.807) is 17.1 Å². The minimum atomic E-state index is -0.0183. The maximum Gasteiger partial charge on any atom is 0.254 e. The molecule has 0 bridgehead atoms. The van der Waals surface area contributed by atoms with E-state index >= 15 is 0 Å². The molecule has 23 heavy (non-hydrogen) atoms. The second kappa shape index (κ2) is 6.96. The maximum atomic E-state index is 12.2. The first-order valence-corrected chi connectivity index (χ1v) is 8.17. The lowest BCUT2D eigenvalue weighted by Crippen LogP contribution is -2.44. The van der Waals surface area contributed by atoms with Crippen molar-refractivity contribution in [2.75, 3.05) is 13.1 Å². The van der Waals surface area contributed by atoms with E-state index in [0.717, 1.165) is 32.5 Å². The Morgan fingerprint density at radius 2 is 2.13 bits per heavy atom. The smallest absolute Gasteiger partial charge is 0.254 e. The van der Waals surface area contributed by atoms with E-state index in [9.17, 15) is 4.79 Å². The minimum Gasteiger partial charge on any atom is -0.349 e. The van der Waals surface area contributed by atoms with Gasteiger partial charge in [0.1, 0.15) is 0 Å². The lowest BCUT2D eigenvalue weighted by molar-refractivity contribution is 0.0909. The summed E-state index contributed by atoms with van der Waals surface area (Å²) in [6.07, 6.45) is 5.36. The second-order valence-electron chi connectivity index (χ2n) is 6.42. The molecule has 1 aromatic carbocycles. The second-order valence-corrected chi connectivity index (χ2v) is 6.42. The number of piperidine rings is 1. The Morgan fingerprint density at radius 1 is 1.35 bits per heavy atom. The number of hydrogen-bond donors (Lipinski definition) is 1. The zero-order valence-electron chi connectivity index (χ0n) is 13.8. The highest BCUT2D eigenvalue weighted by atomic mass is 16.1. The zero-order valence-corrected chi connectivity index (χ0v) is 13.8. The molecule has 2 heterocycles. The highest BCUT2D eigenvalue weighted by Gasteiger charge is 2.21. The lowest BCUT2D eigenvalue weighted by atomic mass is 10.0. The Labute approximate surface area is 137 Å². The van der Waals surface area contributed by atoms with Crippen molar-refractivity contribution in [3.63, 3.8) is 0 Å². The van der Waals surface area contributed by atoms with Crippen LogP contribution in [-0.2, 0) is 13.6 Å². The summed E-state index contributed by atoms with van der Waals surface area (Å²) in [5.74, 6) is -0.0183. The molecular formula is C18H24N4O. The number of rotatable bonds is 4. The number of nitrogens with one attached hydrogen (secondary N) is 1. The van der Waals surface area contributed by atoms with Gasteiger partial charge in [0.15, 0.2) is 0 Å². The fraction of sp³-hybridized carbons (Fsp3) is 0.444. The molecule has 1 saturated heterocycles. The Balaban J connectivity index is 1.47. The van der Waals surface area contributed by atoms with Crippen LogP contribution in [0.25, 0.3) is 0 Å². The van der Waals surface area contributed by atoms with Crippen molar-refractivity contribution in [1.29, 1.82) is 0 Å². The predicted molar refractivity (Wildman–Crippen MR) is 90.2 cm³/mol. The summed E-state index contributed by atoms with van der Waals surface area (Å²) in [5, 5.41) is 7.17. The summed E-state index contributed by atoms with van der Waals surface area (Å²) < 4.78 is 1.65. The van der Waals surface area contributed by atoms with Crippen LogP contribution in [0.5, 0.6) is 0 Å². The van der Waals surface area contributed by atoms with Crippen molar-refractivity contribution in [2.45, 2.75) is 32.4 Å². The lowest BCUT2D eigenvalue weighted by Gasteiger charge is -2.32. The molecule has 3 rings (SSSR count). The van der Waals surface area contributed by atoms with E-state index < -0.39 is 0 Å². The molecule has 1 amide bonds. The van der Waals surface area contributed by atoms with Crippen LogP contribution < -0.4 is 5.32 Å². The van der Waals surface area contributed by atoms with Crippen molar-refractivity contribution in [2.24, 2.45) is 7.05 Å². The number of carbonyl (C=O) groups excluding carboxylic acids is 1. The van der Waals surface area contributed by atoms with Crippen molar-refractivity contribution in [1.82, 2.24) is 20.0 Å². The summed E-state index contributed by atoms with van der Waals surface area (Å²) in [7, 11) is 1.82. The summed E-state index contributed by atoms with van der Waals surface area (Å²) in [6.45, 7) is 5.16. The molecule has 5 heteroatoms. The molecule has 0 unspecified atom stereocenters. The predicted octanol–water partition coefficient (Wildman–Crippen LogP) is 2.12. The summed E-state index contributed by atoms with van der Waals surface area (Å²) in [4.78, 5) is 14.6. The SMILES string of the molecule is Cc1cccc(CN2CCC(NC(=O)c3cnn(C)c3)CC2)c1. The summed E-state index contributed by atoms with van der Waals surface area (Å²) >= 11 is 0. The third-order valence-corrected chi connectivity index (χ3v) is 4.38. The molecule has 0 aliphatic carbocycles. The first-order chi connectivity index (χ1) is 11.1. The molecule has 1 N–H and O–H groups in total. The number of aryl methyl sites for hydroxylation is 2. The normalized spacial score (nSPS) is 16.4. The molecule has 1 aliphatic rings. The van der Waals surface area contributed by atoms with E-state index in [0.29, 0.717) is 5.56 Å². The average Bonchev–Trinajstić information content (AvgIpc) is 2.96. The largest absolute Gasteiger partial charge is 0.349 e. The van der Waals surface area contributed by atoms with Gasteiger partial charge < -0.3 is 5.32 Å². The van der Waals surface area contributed by atoms with E-state index in [-0.39, 0.29) is 11.9 Å². The molecular weight excluding hydrogens is 288 g/mol. The van der Waals surface area contributed by atoms with Gasteiger partial charge in [-0.05, 0) is 25.3 Å². The van der Waals surface area contributed by atoms with E-state index in [1.807, 2.05) is 7.05 Å². The van der Waals surface area contributed by atoms with Crippen molar-refractivity contribution in [3.05, 3.63) is 53.3 Å². The van der Waals surface area contributed by atoms with Crippen molar-refractivity contribution >= 4 is 5.91 Å². The molecule has 2 aromatic rings. The van der Waals surface area contributed by atoms with Crippen LogP contribution in [0.2, 0.25) is 0 Å². The Kier molecular flexibility index (Phi) is 4.76. The van der Waals surface area contributed by atoms with Crippen LogP contribution in [0.1, 0.15) is 34.3 Å². The van der Waals surface area contributed by atoms with Crippen LogP contribution in [0, 0.1) is 6.92 Å². The standard InChI is InChI=1S/C18H24N4O/c1-14-4-3-5-15(10-14)12-22-8-6-17(7-9-22)20-18(23)16-11-19-21(2)13-16/h3-5,10-11,13,17H,6-9,12H2,1-2H3,(H,20,23). The molecule has 5 nitrogen and oxygen atoms in total. The quantitative estimate of drug-likeness (QED) is 0.941. The summed E-state index contributed by atoms with van der Waals surface area (Å²) in [5.41, 5.74) is 3.30. The number of benzene rings is 1. The van der Waals surface area contributed by atoms with Gasteiger partial charge in [0.25, 0.3) is 5.91 Å². The minimum absolute atomic E-state index is 0.0183. The molecule has 122 valence electrons. The topological polar surface area (TPSA) is 50.2 Å². The molecule has 1 aromatic heterocycles. The first-order valence-electron chi connectivity index (χ1n) is 8.17. The van der Waals surface area contributed by atoms with Gasteiger partial charge in [-0.2, -0.15) is 5.10 Å². The number of amides is 1. The Morgan fingerprint density at radius 3 is 2.78 bits per heavy atom. The molecule has 0 radical (unpaired) electrons. The Hall–Kier alpha value is -2.14. The van der Waals surface area contributed by atoms with Gasteiger partial charge in [-0.3, -0.25) is 14.4 Å². The number of aromatic nitrogens is 2. The third-order valence-electron chi connectivity index (χ3n) is 4.38. The van der Waals surface area contributed by atoms with Crippen LogP contribution >= 0.6 is 0 Å². The van der Waals surface area contributed by atoms with Gasteiger partial charge in [0.2, 0.25) is 0 Å². The van der Waals surface area contributed by atoms with E-state index in [1.165, 1.54) is 11.1 Å². The number of likely N-dealkylation sites (tertiary alicyclic amines) is 1. The number of nitrogens with zero attached hydrogens (tertiary/aromatic N) is 3. The number of carbonyl (C=O) groups is 1. The number of hydrogen-bond acceptors (Lipinski definition) is 3. The fourth-order valence-electron chi connectivity index (χ4n) is 3.11. The first kappa shape index (κ1) is 15.7. The monoisotopic (exact) mass is 312 g/mol. The van der Waals surface area contributed by atoms with Gasteiger partial charge >= 0.3 is 0 Å². The highest BCUT2D eigenvalue weighted by molar-refractivity contribution is 5.93. The average molecular weight is 312 g/mol. The van der Waals surface area contributed by atoms with Gasteiger partial charge in [-0.1, -0.05) is 29.8 Å². The third kappa shape index (κ3) is 4.20. The fourth-order valence-corrected chi connectivity index (χ4v) is 3.11. The molecule has 1 fully saturated rings. The van der Waals surface area contributed by atoms with Crippen LogP contribution in [-0.4, -0.2) is 39.7 Å². The van der Waals surface area contributed by atoms with Crippen LogP contribution in [0.15, 0.2) is 36.7 Å². The van der Waals surface area contributed by atoms with Crippen LogP contribution in [0.4, 0.5) is 0 Å². The molecule has 0 atom stereocenters. The zero-order chi connectivity index (χ0) is 16.2. The van der Waals surface area contributed by atoms with Gasteiger partial charge in [0.05, 0.1) is 11.8 Å². The van der Waals surface area contributed by atoms with Gasteiger partial charge in [-0.25, -0.2) is 0 Å². The molecule has 1 aliphatic heterocycles. The van der Waals surface area contributed by atoms with E-state index in [4.69, 9.17) is 0 Å². The van der Waals surface area contributed by atoms with Crippen molar-refractivity contribution in [3.8, 4) is 0 Å². The van der Waals surface area contributed by atoms with Gasteiger partial charge in [-0.15, -0.1) is 0 Å².